The second-order valence-corrected chi connectivity index (χ2v) is 9.52. The predicted molar refractivity (Wildman–Crippen MR) is 113 cm³/mol. The number of hydrogen-bond acceptors (Lipinski definition) is 6. The van der Waals surface area contributed by atoms with Crippen LogP contribution in [-0.4, -0.2) is 91.2 Å². The number of piperidine rings is 1. The van der Waals surface area contributed by atoms with Gasteiger partial charge in [-0.05, 0) is 25.3 Å². The molecule has 3 heterocycles. The highest BCUT2D eigenvalue weighted by atomic mass is 32.2. The van der Waals surface area contributed by atoms with Gasteiger partial charge in [-0.15, -0.1) is 0 Å². The molecule has 0 bridgehead atoms. The fourth-order valence-electron chi connectivity index (χ4n) is 3.52. The Morgan fingerprint density at radius 1 is 0.931 bits per heavy atom. The van der Waals surface area contributed by atoms with E-state index in [0.29, 0.717) is 51.6 Å². The van der Waals surface area contributed by atoms with Crippen molar-refractivity contribution in [2.75, 3.05) is 58.3 Å². The first-order valence-electron chi connectivity index (χ1n) is 10.1. The Balaban J connectivity index is 1.57. The van der Waals surface area contributed by atoms with Crippen molar-refractivity contribution in [2.45, 2.75) is 25.7 Å². The van der Waals surface area contributed by atoms with E-state index in [-0.39, 0.29) is 5.91 Å². The molecule has 29 heavy (non-hydrogen) atoms. The molecule has 0 aliphatic carbocycles. The molecule has 0 atom stereocenters. The van der Waals surface area contributed by atoms with Crippen LogP contribution in [0.4, 0.5) is 5.95 Å². The molecule has 0 unspecified atom stereocenters. The van der Waals surface area contributed by atoms with Crippen molar-refractivity contribution in [1.29, 1.82) is 0 Å². The summed E-state index contributed by atoms with van der Waals surface area (Å²) in [5.41, 5.74) is 0.744. The van der Waals surface area contributed by atoms with Crippen molar-refractivity contribution in [3.63, 3.8) is 0 Å². The Morgan fingerprint density at radius 3 is 2.21 bits per heavy atom. The van der Waals surface area contributed by atoms with Gasteiger partial charge in [0.05, 0.1) is 0 Å². The molecule has 1 aromatic rings. The van der Waals surface area contributed by atoms with Crippen LogP contribution in [0.15, 0.2) is 18.5 Å². The quantitative estimate of drug-likeness (QED) is 0.653. The molecule has 3 rings (SSSR count). The second-order valence-electron chi connectivity index (χ2n) is 7.59. The Labute approximate surface area is 173 Å². The Morgan fingerprint density at radius 2 is 1.55 bits per heavy atom. The van der Waals surface area contributed by atoms with Crippen LogP contribution in [0.25, 0.3) is 6.08 Å². The lowest BCUT2D eigenvalue weighted by molar-refractivity contribution is -0.125. The monoisotopic (exact) mass is 422 g/mol. The molecule has 1 aromatic heterocycles. The first-order valence-corrected chi connectivity index (χ1v) is 11.5. The standard InChI is InChI=1S/C19H30N6O3S/c1-22(2)19-20-15-17(16-21-19)7-8-18(26)23-9-6-12-25(14-13-23)29(27,28)24-10-4-3-5-11-24/h7-8,15-16H,3-6,9-14H2,1-2H3/b8-7+. The summed E-state index contributed by atoms with van der Waals surface area (Å²) < 4.78 is 28.9. The van der Waals surface area contributed by atoms with Crippen molar-refractivity contribution < 1.29 is 13.2 Å². The first kappa shape index (κ1) is 21.7. The van der Waals surface area contributed by atoms with Crippen LogP contribution in [0.2, 0.25) is 0 Å². The molecule has 160 valence electrons. The summed E-state index contributed by atoms with van der Waals surface area (Å²) in [6.45, 7) is 2.92. The SMILES string of the molecule is CN(C)c1ncc(/C=C/C(=O)N2CCCN(S(=O)(=O)N3CCCCC3)CC2)cn1. The van der Waals surface area contributed by atoms with Gasteiger partial charge in [0.2, 0.25) is 11.9 Å². The molecular weight excluding hydrogens is 392 g/mol. The third-order valence-corrected chi connectivity index (χ3v) is 7.25. The Hall–Kier alpha value is -2.04. The molecule has 0 radical (unpaired) electrons. The zero-order valence-corrected chi connectivity index (χ0v) is 18.0. The summed E-state index contributed by atoms with van der Waals surface area (Å²) in [5, 5.41) is 0. The van der Waals surface area contributed by atoms with Gasteiger partial charge in [0.1, 0.15) is 0 Å². The molecule has 1 amide bonds. The molecule has 2 saturated heterocycles. The number of amides is 1. The summed E-state index contributed by atoms with van der Waals surface area (Å²) in [6, 6.07) is 0. The third kappa shape index (κ3) is 5.52. The fraction of sp³-hybridized carbons (Fsp3) is 0.632. The van der Waals surface area contributed by atoms with Gasteiger partial charge < -0.3 is 9.80 Å². The van der Waals surface area contributed by atoms with E-state index >= 15 is 0 Å². The highest BCUT2D eigenvalue weighted by molar-refractivity contribution is 7.86. The molecule has 2 fully saturated rings. The number of rotatable bonds is 5. The van der Waals surface area contributed by atoms with Crippen molar-refractivity contribution >= 4 is 28.1 Å². The van der Waals surface area contributed by atoms with Crippen LogP contribution in [0, 0.1) is 0 Å². The number of aromatic nitrogens is 2. The Bertz CT molecular complexity index is 819. The van der Waals surface area contributed by atoms with Gasteiger partial charge in [-0.2, -0.15) is 17.0 Å². The highest BCUT2D eigenvalue weighted by Crippen LogP contribution is 2.18. The van der Waals surface area contributed by atoms with Crippen molar-refractivity contribution in [3.05, 3.63) is 24.0 Å². The van der Waals surface area contributed by atoms with Gasteiger partial charge in [0.25, 0.3) is 10.2 Å². The van der Waals surface area contributed by atoms with Crippen LogP contribution in [-0.2, 0) is 15.0 Å². The van der Waals surface area contributed by atoms with E-state index in [1.54, 1.807) is 32.6 Å². The van der Waals surface area contributed by atoms with E-state index < -0.39 is 10.2 Å². The summed E-state index contributed by atoms with van der Waals surface area (Å²) >= 11 is 0. The van der Waals surface area contributed by atoms with Gasteiger partial charge >= 0.3 is 0 Å². The van der Waals surface area contributed by atoms with E-state index in [0.717, 1.165) is 24.8 Å². The number of hydrogen-bond donors (Lipinski definition) is 0. The van der Waals surface area contributed by atoms with E-state index in [9.17, 15) is 13.2 Å². The normalized spacial score (nSPS) is 20.0. The van der Waals surface area contributed by atoms with Crippen molar-refractivity contribution in [1.82, 2.24) is 23.5 Å². The Kier molecular flexibility index (Phi) is 7.20. The lowest BCUT2D eigenvalue weighted by Gasteiger charge is -2.31. The van der Waals surface area contributed by atoms with Crippen molar-refractivity contribution in [2.24, 2.45) is 0 Å². The lowest BCUT2D eigenvalue weighted by Crippen LogP contribution is -2.47. The van der Waals surface area contributed by atoms with E-state index in [1.165, 1.54) is 10.4 Å². The molecule has 0 spiro atoms. The maximum Gasteiger partial charge on any atom is 0.282 e. The van der Waals surface area contributed by atoms with Gasteiger partial charge in [-0.3, -0.25) is 4.79 Å². The van der Waals surface area contributed by atoms with Crippen LogP contribution in [0.1, 0.15) is 31.2 Å². The zero-order valence-electron chi connectivity index (χ0n) is 17.2. The minimum absolute atomic E-state index is 0.126. The average molecular weight is 423 g/mol. The average Bonchev–Trinajstić information content (AvgIpc) is 3.00. The topological polar surface area (TPSA) is 90.0 Å². The number of anilines is 1. The van der Waals surface area contributed by atoms with E-state index in [4.69, 9.17) is 0 Å². The van der Waals surface area contributed by atoms with Crippen LogP contribution >= 0.6 is 0 Å². The van der Waals surface area contributed by atoms with Crippen LogP contribution < -0.4 is 4.90 Å². The molecule has 2 aliphatic heterocycles. The summed E-state index contributed by atoms with van der Waals surface area (Å²) in [6.07, 6.45) is 10.1. The first-order chi connectivity index (χ1) is 13.9. The zero-order chi connectivity index (χ0) is 20.9. The van der Waals surface area contributed by atoms with Gasteiger partial charge in [-0.25, -0.2) is 9.97 Å². The molecule has 9 nitrogen and oxygen atoms in total. The molecule has 10 heteroatoms. The molecular formula is C19H30N6O3S. The third-order valence-electron chi connectivity index (χ3n) is 5.21. The van der Waals surface area contributed by atoms with Gasteiger partial charge in [0.15, 0.2) is 0 Å². The number of nitrogens with zero attached hydrogens (tertiary/aromatic N) is 6. The highest BCUT2D eigenvalue weighted by Gasteiger charge is 2.32. The minimum Gasteiger partial charge on any atom is -0.347 e. The largest absolute Gasteiger partial charge is 0.347 e. The maximum absolute atomic E-state index is 12.9. The number of carbonyl (C=O) groups excluding carboxylic acids is 1. The van der Waals surface area contributed by atoms with E-state index in [2.05, 4.69) is 9.97 Å². The van der Waals surface area contributed by atoms with Gasteiger partial charge in [-0.1, -0.05) is 6.42 Å². The summed E-state index contributed by atoms with van der Waals surface area (Å²) in [4.78, 5) is 24.5. The molecule has 0 saturated carbocycles. The van der Waals surface area contributed by atoms with Gasteiger partial charge in [0, 0.05) is 77.4 Å². The molecule has 0 N–H and O–H groups in total. The van der Waals surface area contributed by atoms with Crippen LogP contribution in [0.3, 0.4) is 0 Å². The van der Waals surface area contributed by atoms with Crippen LogP contribution in [0.5, 0.6) is 0 Å². The smallest absolute Gasteiger partial charge is 0.282 e. The van der Waals surface area contributed by atoms with Crippen molar-refractivity contribution in [3.8, 4) is 0 Å². The molecule has 0 aromatic carbocycles. The molecule has 2 aliphatic rings. The fourth-order valence-corrected chi connectivity index (χ4v) is 5.24. The predicted octanol–water partition coefficient (Wildman–Crippen LogP) is 0.821. The number of carbonyl (C=O) groups is 1. The lowest BCUT2D eigenvalue weighted by atomic mass is 10.2. The van der Waals surface area contributed by atoms with E-state index in [1.807, 2.05) is 14.1 Å². The summed E-state index contributed by atoms with van der Waals surface area (Å²) in [7, 11) is 0.293. The maximum atomic E-state index is 12.9. The summed E-state index contributed by atoms with van der Waals surface area (Å²) in [5.74, 6) is 0.481. The minimum atomic E-state index is -3.43. The second kappa shape index (κ2) is 9.64.